The third-order valence-electron chi connectivity index (χ3n) is 5.95. The molecule has 1 unspecified atom stereocenters. The Kier molecular flexibility index (Phi) is 4.50. The van der Waals surface area contributed by atoms with E-state index in [0.29, 0.717) is 54.2 Å². The Morgan fingerprint density at radius 1 is 1.16 bits per heavy atom. The van der Waals surface area contributed by atoms with Crippen molar-refractivity contribution >= 4 is 16.7 Å². The molecule has 1 aromatic carbocycles. The van der Waals surface area contributed by atoms with Gasteiger partial charge in [0.15, 0.2) is 5.78 Å². The second kappa shape index (κ2) is 7.23. The number of aromatic nitrogens is 1. The average Bonchev–Trinajstić information content (AvgIpc) is 2.74. The monoisotopic (exact) mass is 415 g/mol. The molecule has 31 heavy (non-hydrogen) atoms. The molecular formula is C25H21NO5. The van der Waals surface area contributed by atoms with Gasteiger partial charge in [-0.05, 0) is 30.9 Å². The molecule has 0 N–H and O–H groups in total. The smallest absolute Gasteiger partial charge is 0.343 e. The van der Waals surface area contributed by atoms with Gasteiger partial charge in [0.25, 0.3) is 5.56 Å². The van der Waals surface area contributed by atoms with Crippen LogP contribution in [0.3, 0.4) is 0 Å². The number of nitrogens with zero attached hydrogens (tertiary/aromatic N) is 1. The first-order valence-corrected chi connectivity index (χ1v) is 10.3. The molecular weight excluding hydrogens is 394 g/mol. The first-order chi connectivity index (χ1) is 15.0. The van der Waals surface area contributed by atoms with Gasteiger partial charge in [-0.3, -0.25) is 9.59 Å². The van der Waals surface area contributed by atoms with E-state index in [1.165, 1.54) is 0 Å². The van der Waals surface area contributed by atoms with E-state index in [1.54, 1.807) is 29.7 Å². The van der Waals surface area contributed by atoms with Gasteiger partial charge in [-0.1, -0.05) is 24.3 Å². The maximum absolute atomic E-state index is 13.6. The van der Waals surface area contributed by atoms with Crippen molar-refractivity contribution in [2.24, 2.45) is 0 Å². The average molecular weight is 415 g/mol. The van der Waals surface area contributed by atoms with Crippen LogP contribution in [0.2, 0.25) is 0 Å². The number of fused-ring (bicyclic) bond motifs is 2. The van der Waals surface area contributed by atoms with E-state index < -0.39 is 11.5 Å². The molecule has 5 rings (SSSR count). The van der Waals surface area contributed by atoms with Crippen molar-refractivity contribution in [2.75, 3.05) is 0 Å². The lowest BCUT2D eigenvalue weighted by Gasteiger charge is -2.31. The van der Waals surface area contributed by atoms with Gasteiger partial charge >= 0.3 is 5.63 Å². The number of para-hydroxylation sites is 1. The lowest BCUT2D eigenvalue weighted by Crippen LogP contribution is -2.34. The Hall–Kier alpha value is -3.67. The topological polar surface area (TPSA) is 78.5 Å². The number of carbonyl (C=O) groups is 1. The summed E-state index contributed by atoms with van der Waals surface area (Å²) in [5.74, 6) is 0.393. The van der Waals surface area contributed by atoms with Crippen LogP contribution >= 0.6 is 0 Å². The van der Waals surface area contributed by atoms with Crippen molar-refractivity contribution in [3.05, 3.63) is 98.0 Å². The van der Waals surface area contributed by atoms with Crippen LogP contribution in [0.15, 0.2) is 74.4 Å². The first-order valence-electron chi connectivity index (χ1n) is 10.3. The highest BCUT2D eigenvalue weighted by Crippen LogP contribution is 2.45. The molecule has 3 aromatic rings. The Morgan fingerprint density at radius 2 is 1.97 bits per heavy atom. The largest absolute Gasteiger partial charge is 0.461 e. The number of pyridine rings is 1. The Balaban J connectivity index is 1.88. The zero-order valence-electron chi connectivity index (χ0n) is 17.1. The van der Waals surface area contributed by atoms with E-state index in [1.807, 2.05) is 24.3 Å². The predicted molar refractivity (Wildman–Crippen MR) is 116 cm³/mol. The van der Waals surface area contributed by atoms with Crippen molar-refractivity contribution in [3.8, 4) is 5.75 Å². The summed E-state index contributed by atoms with van der Waals surface area (Å²) in [5, 5.41) is 0.842. The van der Waals surface area contributed by atoms with Crippen LogP contribution in [0, 0.1) is 6.92 Å². The summed E-state index contributed by atoms with van der Waals surface area (Å²) < 4.78 is 13.0. The number of aryl methyl sites for hydroxylation is 1. The van der Waals surface area contributed by atoms with Crippen LogP contribution in [-0.4, -0.2) is 10.4 Å². The highest BCUT2D eigenvalue weighted by atomic mass is 16.5. The lowest BCUT2D eigenvalue weighted by molar-refractivity contribution is -0.116. The number of benzene rings is 1. The summed E-state index contributed by atoms with van der Waals surface area (Å²) in [6.07, 6.45) is 3.28. The Bertz CT molecular complexity index is 1410. The van der Waals surface area contributed by atoms with Gasteiger partial charge in [0, 0.05) is 36.6 Å². The standard InChI is InChI=1S/C25H21NO5/c1-3-11-26-17-8-5-4-7-15(17)13-16(24(26)28)21-22-18(27)9-6-10-19(22)31-20-12-14(2)30-25(29)23(20)21/h3-5,7-8,12-13,21H,1,6,9-11H2,2H3. The third-order valence-corrected chi connectivity index (χ3v) is 5.95. The number of ketones is 1. The summed E-state index contributed by atoms with van der Waals surface area (Å²) in [4.78, 5) is 39.6. The zero-order valence-corrected chi connectivity index (χ0v) is 17.1. The molecule has 3 heterocycles. The molecule has 1 aliphatic heterocycles. The molecule has 0 bridgehead atoms. The summed E-state index contributed by atoms with van der Waals surface area (Å²) in [7, 11) is 0. The second-order valence-corrected chi connectivity index (χ2v) is 7.93. The molecule has 0 amide bonds. The van der Waals surface area contributed by atoms with Gasteiger partial charge in [-0.2, -0.15) is 0 Å². The molecule has 156 valence electrons. The molecule has 2 aromatic heterocycles. The number of carbonyl (C=O) groups excluding carboxylic acids is 1. The summed E-state index contributed by atoms with van der Waals surface area (Å²) >= 11 is 0. The van der Waals surface area contributed by atoms with Gasteiger partial charge in [-0.15, -0.1) is 6.58 Å². The number of hydrogen-bond acceptors (Lipinski definition) is 5. The van der Waals surface area contributed by atoms with Gasteiger partial charge in [0.2, 0.25) is 0 Å². The van der Waals surface area contributed by atoms with Crippen molar-refractivity contribution in [3.63, 3.8) is 0 Å². The van der Waals surface area contributed by atoms with Crippen molar-refractivity contribution in [1.82, 2.24) is 4.57 Å². The Morgan fingerprint density at radius 3 is 2.77 bits per heavy atom. The van der Waals surface area contributed by atoms with Gasteiger partial charge in [0.05, 0.1) is 17.0 Å². The molecule has 6 heteroatoms. The molecule has 6 nitrogen and oxygen atoms in total. The maximum Gasteiger partial charge on any atom is 0.343 e. The quantitative estimate of drug-likeness (QED) is 0.605. The fraction of sp³-hybridized carbons (Fsp3) is 0.240. The third kappa shape index (κ3) is 2.98. The van der Waals surface area contributed by atoms with E-state index in [0.717, 1.165) is 10.9 Å². The van der Waals surface area contributed by atoms with Gasteiger partial charge < -0.3 is 13.7 Å². The number of ether oxygens (including phenoxy) is 1. The number of hydrogen-bond donors (Lipinski definition) is 0. The summed E-state index contributed by atoms with van der Waals surface area (Å²) in [6.45, 7) is 5.76. The van der Waals surface area contributed by atoms with Crippen LogP contribution < -0.4 is 15.9 Å². The number of allylic oxidation sites excluding steroid dienone is 3. The van der Waals surface area contributed by atoms with Gasteiger partial charge in [0.1, 0.15) is 17.3 Å². The SMILES string of the molecule is C=CCn1c(=O)c(C2C3=C(CCCC3=O)Oc3cc(C)oc(=O)c32)cc2ccccc21. The zero-order chi connectivity index (χ0) is 21.7. The van der Waals surface area contributed by atoms with E-state index in [4.69, 9.17) is 9.15 Å². The molecule has 0 saturated heterocycles. The minimum Gasteiger partial charge on any atom is -0.461 e. The highest BCUT2D eigenvalue weighted by Gasteiger charge is 2.40. The van der Waals surface area contributed by atoms with Crippen LogP contribution in [0.4, 0.5) is 0 Å². The fourth-order valence-electron chi connectivity index (χ4n) is 4.66. The minimum atomic E-state index is -0.823. The highest BCUT2D eigenvalue weighted by molar-refractivity contribution is 5.99. The number of Topliss-reactive ketones (excluding diaryl/α,β-unsaturated/α-hetero) is 1. The van der Waals surface area contributed by atoms with Crippen molar-refractivity contribution in [1.29, 1.82) is 0 Å². The van der Waals surface area contributed by atoms with E-state index in [2.05, 4.69) is 6.58 Å². The van der Waals surface area contributed by atoms with Crippen LogP contribution in [0.25, 0.3) is 10.9 Å². The predicted octanol–water partition coefficient (Wildman–Crippen LogP) is 3.98. The van der Waals surface area contributed by atoms with Crippen molar-refractivity contribution in [2.45, 2.75) is 38.6 Å². The lowest BCUT2D eigenvalue weighted by atomic mass is 9.77. The maximum atomic E-state index is 13.6. The van der Waals surface area contributed by atoms with Gasteiger partial charge in [-0.25, -0.2) is 4.79 Å². The van der Waals surface area contributed by atoms with Crippen LogP contribution in [0.5, 0.6) is 5.75 Å². The van der Waals surface area contributed by atoms with E-state index in [-0.39, 0.29) is 16.9 Å². The van der Waals surface area contributed by atoms with Crippen LogP contribution in [0.1, 0.15) is 42.1 Å². The molecule has 1 atom stereocenters. The summed E-state index contributed by atoms with van der Waals surface area (Å²) in [5.41, 5.74) is 0.881. The van der Waals surface area contributed by atoms with E-state index >= 15 is 0 Å². The summed E-state index contributed by atoms with van der Waals surface area (Å²) in [6, 6.07) is 11.0. The van der Waals surface area contributed by atoms with Crippen LogP contribution in [-0.2, 0) is 11.3 Å². The van der Waals surface area contributed by atoms with Crippen molar-refractivity contribution < 1.29 is 13.9 Å². The number of rotatable bonds is 3. The second-order valence-electron chi connectivity index (χ2n) is 7.93. The van der Waals surface area contributed by atoms with E-state index in [9.17, 15) is 14.4 Å². The molecule has 2 aliphatic rings. The normalized spacial score (nSPS) is 17.8. The first kappa shape index (κ1) is 19.3. The molecule has 1 aliphatic carbocycles. The molecule has 0 saturated carbocycles. The Labute approximate surface area is 178 Å². The molecule has 0 spiro atoms. The molecule has 0 fully saturated rings. The fourth-order valence-corrected chi connectivity index (χ4v) is 4.66. The minimum absolute atomic E-state index is 0.0975. The molecule has 0 radical (unpaired) electrons.